The Morgan fingerprint density at radius 3 is 2.41 bits per heavy atom. The number of hydrogen-bond donors (Lipinski definition) is 1. The predicted molar refractivity (Wildman–Crippen MR) is 64.3 cm³/mol. The molecule has 0 aromatic heterocycles. The zero-order valence-corrected chi connectivity index (χ0v) is 10.9. The minimum absolute atomic E-state index is 0.109. The van der Waals surface area contributed by atoms with Crippen LogP contribution in [0.5, 0.6) is 0 Å². The van der Waals surface area contributed by atoms with E-state index in [1.165, 1.54) is 0 Å². The summed E-state index contributed by atoms with van der Waals surface area (Å²) in [5.41, 5.74) is 4.81. The molecule has 1 aliphatic heterocycles. The van der Waals surface area contributed by atoms with E-state index < -0.39 is 5.60 Å². The summed E-state index contributed by atoms with van der Waals surface area (Å²) in [6.45, 7) is 6.71. The van der Waals surface area contributed by atoms with E-state index in [4.69, 9.17) is 10.5 Å². The summed E-state index contributed by atoms with van der Waals surface area (Å²) in [6, 6.07) is 0. The smallest absolute Gasteiger partial charge is 0.410 e. The van der Waals surface area contributed by atoms with Crippen molar-refractivity contribution in [2.24, 2.45) is 11.7 Å². The summed E-state index contributed by atoms with van der Waals surface area (Å²) in [6.07, 6.45) is 1.89. The Bertz CT molecular complexity index is 297. The number of nitrogens with zero attached hydrogens (tertiary/aromatic N) is 1. The van der Waals surface area contributed by atoms with E-state index in [-0.39, 0.29) is 17.9 Å². The van der Waals surface area contributed by atoms with Crippen LogP contribution in [-0.4, -0.2) is 35.6 Å². The molecule has 1 aliphatic rings. The molecule has 17 heavy (non-hydrogen) atoms. The minimum Gasteiger partial charge on any atom is -0.444 e. The fraction of sp³-hybridized carbons (Fsp3) is 0.833. The summed E-state index contributed by atoms with van der Waals surface area (Å²) in [4.78, 5) is 24.6. The van der Waals surface area contributed by atoms with Crippen LogP contribution in [0.25, 0.3) is 0 Å². The van der Waals surface area contributed by atoms with E-state index in [1.54, 1.807) is 4.90 Å². The maximum absolute atomic E-state index is 11.8. The molecule has 5 heteroatoms. The third-order valence-corrected chi connectivity index (χ3v) is 2.78. The maximum Gasteiger partial charge on any atom is 0.410 e. The van der Waals surface area contributed by atoms with Crippen molar-refractivity contribution in [2.45, 2.75) is 45.6 Å². The second kappa shape index (κ2) is 5.38. The first-order valence-corrected chi connectivity index (χ1v) is 6.07. The van der Waals surface area contributed by atoms with Crippen LogP contribution in [0.4, 0.5) is 4.79 Å². The normalized spacial score (nSPS) is 21.8. The molecular formula is C12H22N2O3. The molecule has 0 saturated carbocycles. The number of amides is 2. The molecule has 1 atom stereocenters. The number of nitrogens with two attached hydrogens (primary N) is 1. The lowest BCUT2D eigenvalue weighted by Crippen LogP contribution is -2.37. The van der Waals surface area contributed by atoms with Crippen molar-refractivity contribution in [3.8, 4) is 0 Å². The zero-order valence-electron chi connectivity index (χ0n) is 10.9. The molecule has 1 saturated heterocycles. The van der Waals surface area contributed by atoms with Crippen LogP contribution >= 0.6 is 0 Å². The molecular weight excluding hydrogens is 220 g/mol. The first-order chi connectivity index (χ1) is 7.79. The highest BCUT2D eigenvalue weighted by Gasteiger charge is 2.26. The Labute approximate surface area is 102 Å². The van der Waals surface area contributed by atoms with Gasteiger partial charge in [0.25, 0.3) is 0 Å². The average Bonchev–Trinajstić information content (AvgIpc) is 2.39. The quantitative estimate of drug-likeness (QED) is 0.757. The van der Waals surface area contributed by atoms with Crippen molar-refractivity contribution in [1.29, 1.82) is 0 Å². The SMILES string of the molecule is CC(C)(C)OC(=O)N1CCC[C@H](C(N)=O)CC1. The fourth-order valence-corrected chi connectivity index (χ4v) is 1.89. The number of likely N-dealkylation sites (tertiary alicyclic amines) is 1. The number of rotatable bonds is 1. The summed E-state index contributed by atoms with van der Waals surface area (Å²) >= 11 is 0. The van der Waals surface area contributed by atoms with Crippen molar-refractivity contribution in [2.75, 3.05) is 13.1 Å². The summed E-state index contributed by atoms with van der Waals surface area (Å²) in [5.74, 6) is -0.376. The van der Waals surface area contributed by atoms with Crippen molar-refractivity contribution in [3.63, 3.8) is 0 Å². The predicted octanol–water partition coefficient (Wildman–Crippen LogP) is 1.51. The van der Waals surface area contributed by atoms with Crippen molar-refractivity contribution < 1.29 is 14.3 Å². The van der Waals surface area contributed by atoms with E-state index >= 15 is 0 Å². The van der Waals surface area contributed by atoms with Gasteiger partial charge in [-0.15, -0.1) is 0 Å². The van der Waals surface area contributed by atoms with Gasteiger partial charge in [-0.05, 0) is 40.0 Å². The van der Waals surface area contributed by atoms with Crippen molar-refractivity contribution in [1.82, 2.24) is 4.90 Å². The maximum atomic E-state index is 11.8. The third-order valence-electron chi connectivity index (χ3n) is 2.78. The minimum atomic E-state index is -0.480. The van der Waals surface area contributed by atoms with E-state index in [2.05, 4.69) is 0 Å². The zero-order chi connectivity index (χ0) is 13.1. The number of ether oxygens (including phenoxy) is 1. The van der Waals surface area contributed by atoms with Gasteiger partial charge in [0, 0.05) is 19.0 Å². The fourth-order valence-electron chi connectivity index (χ4n) is 1.89. The molecule has 0 aromatic carbocycles. The molecule has 0 bridgehead atoms. The Morgan fingerprint density at radius 2 is 1.88 bits per heavy atom. The van der Waals surface area contributed by atoms with Gasteiger partial charge in [0.05, 0.1) is 0 Å². The van der Waals surface area contributed by atoms with Crippen LogP contribution in [0.2, 0.25) is 0 Å². The number of hydrogen-bond acceptors (Lipinski definition) is 3. The second-order valence-corrected chi connectivity index (χ2v) is 5.50. The molecule has 1 heterocycles. The summed E-state index contributed by atoms with van der Waals surface area (Å²) in [5, 5.41) is 0. The van der Waals surface area contributed by atoms with Crippen LogP contribution in [0.15, 0.2) is 0 Å². The average molecular weight is 242 g/mol. The molecule has 0 aliphatic carbocycles. The van der Waals surface area contributed by atoms with Gasteiger partial charge in [0.1, 0.15) is 5.60 Å². The van der Waals surface area contributed by atoms with E-state index in [1.807, 2.05) is 20.8 Å². The van der Waals surface area contributed by atoms with Gasteiger partial charge in [-0.25, -0.2) is 4.79 Å². The molecule has 2 amide bonds. The lowest BCUT2D eigenvalue weighted by Gasteiger charge is -2.26. The highest BCUT2D eigenvalue weighted by atomic mass is 16.6. The Kier molecular flexibility index (Phi) is 4.37. The summed E-state index contributed by atoms with van der Waals surface area (Å²) < 4.78 is 5.30. The molecule has 1 rings (SSSR count). The summed E-state index contributed by atoms with van der Waals surface area (Å²) in [7, 11) is 0. The van der Waals surface area contributed by atoms with Crippen LogP contribution in [0, 0.1) is 5.92 Å². The van der Waals surface area contributed by atoms with Gasteiger partial charge < -0.3 is 15.4 Å². The van der Waals surface area contributed by atoms with Crippen LogP contribution in [0.3, 0.4) is 0 Å². The van der Waals surface area contributed by atoms with Gasteiger partial charge in [-0.3, -0.25) is 4.79 Å². The first kappa shape index (κ1) is 13.8. The molecule has 1 fully saturated rings. The van der Waals surface area contributed by atoms with Crippen molar-refractivity contribution in [3.05, 3.63) is 0 Å². The Balaban J connectivity index is 2.51. The van der Waals surface area contributed by atoms with E-state index in [0.29, 0.717) is 19.5 Å². The van der Waals surface area contributed by atoms with Crippen LogP contribution in [-0.2, 0) is 9.53 Å². The standard InChI is InChI=1S/C12H22N2O3/c1-12(2,3)17-11(16)14-7-4-5-9(6-8-14)10(13)15/h9H,4-8H2,1-3H3,(H2,13,15)/t9-/m0/s1. The molecule has 0 spiro atoms. The molecule has 98 valence electrons. The lowest BCUT2D eigenvalue weighted by atomic mass is 10.0. The van der Waals surface area contributed by atoms with E-state index in [0.717, 1.165) is 12.8 Å². The Morgan fingerprint density at radius 1 is 1.24 bits per heavy atom. The van der Waals surface area contributed by atoms with Gasteiger partial charge in [-0.1, -0.05) is 0 Å². The van der Waals surface area contributed by atoms with E-state index in [9.17, 15) is 9.59 Å². The highest BCUT2D eigenvalue weighted by Crippen LogP contribution is 2.19. The molecule has 2 N–H and O–H groups in total. The number of carbonyl (C=O) groups excluding carboxylic acids is 2. The van der Waals surface area contributed by atoms with Gasteiger partial charge in [0.2, 0.25) is 5.91 Å². The monoisotopic (exact) mass is 242 g/mol. The Hall–Kier alpha value is -1.26. The van der Waals surface area contributed by atoms with Crippen molar-refractivity contribution >= 4 is 12.0 Å². The molecule has 0 unspecified atom stereocenters. The van der Waals surface area contributed by atoms with Gasteiger partial charge >= 0.3 is 6.09 Å². The number of carbonyl (C=O) groups is 2. The molecule has 0 aromatic rings. The second-order valence-electron chi connectivity index (χ2n) is 5.50. The lowest BCUT2D eigenvalue weighted by molar-refractivity contribution is -0.122. The molecule has 0 radical (unpaired) electrons. The largest absolute Gasteiger partial charge is 0.444 e. The van der Waals surface area contributed by atoms with Crippen LogP contribution in [0.1, 0.15) is 40.0 Å². The van der Waals surface area contributed by atoms with Gasteiger partial charge in [0.15, 0.2) is 0 Å². The number of primary amides is 1. The van der Waals surface area contributed by atoms with Crippen LogP contribution < -0.4 is 5.73 Å². The first-order valence-electron chi connectivity index (χ1n) is 6.07. The topological polar surface area (TPSA) is 72.6 Å². The third kappa shape index (κ3) is 4.63. The molecule has 5 nitrogen and oxygen atoms in total. The highest BCUT2D eigenvalue weighted by molar-refractivity contribution is 5.76. The van der Waals surface area contributed by atoms with Gasteiger partial charge in [-0.2, -0.15) is 0 Å².